The van der Waals surface area contributed by atoms with Gasteiger partial charge in [0.1, 0.15) is 11.5 Å². The largest absolute Gasteiger partial charge is 0.494 e. The molecule has 0 aromatic heterocycles. The fourth-order valence-electron chi connectivity index (χ4n) is 6.18. The van der Waals surface area contributed by atoms with Crippen molar-refractivity contribution in [2.75, 3.05) is 18.1 Å². The van der Waals surface area contributed by atoms with Crippen LogP contribution in [0, 0.1) is 25.7 Å². The number of anilines is 3. The summed E-state index contributed by atoms with van der Waals surface area (Å²) in [4.78, 5) is 2.36. The molecule has 4 aromatic rings. The number of benzene rings is 4. The number of aryl methyl sites for hydroxylation is 2. The minimum atomic E-state index is 0.765. The molecular formula is C45H57NO2. The van der Waals surface area contributed by atoms with Crippen molar-refractivity contribution < 1.29 is 9.47 Å². The average Bonchev–Trinajstić information content (AvgIpc) is 3.10. The Morgan fingerprint density at radius 2 is 0.958 bits per heavy atom. The van der Waals surface area contributed by atoms with E-state index in [-0.39, 0.29) is 0 Å². The summed E-state index contributed by atoms with van der Waals surface area (Å²) in [6.45, 7) is 12.3. The lowest BCUT2D eigenvalue weighted by molar-refractivity contribution is 0.304. The molecule has 3 heteroatoms. The molecule has 48 heavy (non-hydrogen) atoms. The molecule has 0 saturated heterocycles. The van der Waals surface area contributed by atoms with Gasteiger partial charge in [0, 0.05) is 22.6 Å². The van der Waals surface area contributed by atoms with Crippen molar-refractivity contribution in [1.82, 2.24) is 0 Å². The van der Waals surface area contributed by atoms with E-state index in [1.165, 1.54) is 86.5 Å². The second kappa shape index (κ2) is 20.3. The Bertz CT molecular complexity index is 1510. The molecule has 0 amide bonds. The highest BCUT2D eigenvalue weighted by molar-refractivity contribution is 5.82. The van der Waals surface area contributed by atoms with Gasteiger partial charge in [-0.1, -0.05) is 108 Å². The van der Waals surface area contributed by atoms with Crippen LogP contribution in [0.1, 0.15) is 115 Å². The van der Waals surface area contributed by atoms with Gasteiger partial charge in [-0.3, -0.25) is 0 Å². The van der Waals surface area contributed by atoms with Crippen molar-refractivity contribution in [3.8, 4) is 34.5 Å². The molecule has 0 radical (unpaired) electrons. The van der Waals surface area contributed by atoms with Crippen LogP contribution in [0.15, 0.2) is 84.9 Å². The van der Waals surface area contributed by atoms with Gasteiger partial charge in [0.05, 0.1) is 13.2 Å². The van der Waals surface area contributed by atoms with Crippen LogP contribution in [0.3, 0.4) is 0 Å². The topological polar surface area (TPSA) is 21.7 Å². The molecule has 4 rings (SSSR count). The summed E-state index contributed by atoms with van der Waals surface area (Å²) in [5.41, 5.74) is 9.14. The van der Waals surface area contributed by atoms with Gasteiger partial charge >= 0.3 is 0 Å². The second-order valence-electron chi connectivity index (χ2n) is 13.0. The van der Waals surface area contributed by atoms with Crippen molar-refractivity contribution >= 4 is 17.1 Å². The van der Waals surface area contributed by atoms with E-state index in [2.05, 4.69) is 129 Å². The average molecular weight is 644 g/mol. The van der Waals surface area contributed by atoms with Gasteiger partial charge in [-0.05, 0) is 117 Å². The monoisotopic (exact) mass is 643 g/mol. The van der Waals surface area contributed by atoms with E-state index in [1.54, 1.807) is 0 Å². The molecule has 0 aliphatic rings. The summed E-state index contributed by atoms with van der Waals surface area (Å²) >= 11 is 0. The molecule has 0 aliphatic heterocycles. The normalized spacial score (nSPS) is 10.8. The maximum absolute atomic E-state index is 6.20. The molecule has 0 bridgehead atoms. The molecule has 0 spiro atoms. The molecule has 3 nitrogen and oxygen atoms in total. The van der Waals surface area contributed by atoms with Gasteiger partial charge < -0.3 is 14.4 Å². The highest BCUT2D eigenvalue weighted by atomic mass is 16.5. The van der Waals surface area contributed by atoms with Crippen molar-refractivity contribution in [3.63, 3.8) is 0 Å². The zero-order valence-corrected chi connectivity index (χ0v) is 30.2. The van der Waals surface area contributed by atoms with Crippen molar-refractivity contribution in [2.45, 2.75) is 112 Å². The van der Waals surface area contributed by atoms with Crippen LogP contribution in [0.4, 0.5) is 17.1 Å². The van der Waals surface area contributed by atoms with Crippen LogP contribution < -0.4 is 14.4 Å². The third-order valence-corrected chi connectivity index (χ3v) is 8.96. The first-order valence-corrected chi connectivity index (χ1v) is 18.4. The molecule has 0 heterocycles. The number of unbranched alkanes of at least 4 members (excludes halogenated alkanes) is 10. The van der Waals surface area contributed by atoms with Crippen molar-refractivity contribution in [2.24, 2.45) is 0 Å². The van der Waals surface area contributed by atoms with Gasteiger partial charge in [0.2, 0.25) is 0 Å². The Morgan fingerprint density at radius 1 is 0.521 bits per heavy atom. The van der Waals surface area contributed by atoms with Gasteiger partial charge in [-0.2, -0.15) is 0 Å². The lowest BCUT2D eigenvalue weighted by Gasteiger charge is -2.29. The molecule has 4 aromatic carbocycles. The molecule has 0 N–H and O–H groups in total. The van der Waals surface area contributed by atoms with Gasteiger partial charge in [-0.25, -0.2) is 0 Å². The molecule has 0 atom stereocenters. The first-order valence-electron chi connectivity index (χ1n) is 18.4. The smallest absolute Gasteiger partial charge is 0.119 e. The summed E-state index contributed by atoms with van der Waals surface area (Å²) in [5.74, 6) is 7.99. The Labute approximate surface area is 291 Å². The first-order chi connectivity index (χ1) is 23.5. The van der Waals surface area contributed by atoms with E-state index in [9.17, 15) is 0 Å². The number of hydrogen-bond donors (Lipinski definition) is 0. The summed E-state index contributed by atoms with van der Waals surface area (Å²) in [6, 6.07) is 30.4. The molecule has 254 valence electrons. The van der Waals surface area contributed by atoms with Crippen LogP contribution in [0.25, 0.3) is 11.1 Å². The van der Waals surface area contributed by atoms with Crippen LogP contribution in [-0.2, 0) is 0 Å². The fraction of sp³-hybridized carbons (Fsp3) is 0.422. The fourth-order valence-corrected chi connectivity index (χ4v) is 6.18. The number of nitrogens with zero attached hydrogens (tertiary/aromatic N) is 1. The van der Waals surface area contributed by atoms with Gasteiger partial charge in [0.25, 0.3) is 0 Å². The highest BCUT2D eigenvalue weighted by Crippen LogP contribution is 2.41. The first kappa shape index (κ1) is 36.7. The zero-order valence-electron chi connectivity index (χ0n) is 30.2. The van der Waals surface area contributed by atoms with Gasteiger partial charge in [-0.15, -0.1) is 5.92 Å². The van der Waals surface area contributed by atoms with Crippen LogP contribution >= 0.6 is 0 Å². The number of rotatable bonds is 20. The summed E-state index contributed by atoms with van der Waals surface area (Å²) in [7, 11) is 0. The lowest BCUT2D eigenvalue weighted by Crippen LogP contribution is -2.13. The maximum atomic E-state index is 6.20. The SMILES string of the molecule is CC#Cc1ccc(-c2ccc(N(c3ccc(OCCCCCCCC)cc3C)c3ccc(OCCCCCCCC)cc3C)cc2)cc1. The minimum Gasteiger partial charge on any atom is -0.494 e. The van der Waals surface area contributed by atoms with Crippen molar-refractivity contribution in [3.05, 3.63) is 102 Å². The van der Waals surface area contributed by atoms with Crippen LogP contribution in [-0.4, -0.2) is 13.2 Å². The van der Waals surface area contributed by atoms with E-state index in [4.69, 9.17) is 9.47 Å². The van der Waals surface area contributed by atoms with Crippen molar-refractivity contribution in [1.29, 1.82) is 0 Å². The third kappa shape index (κ3) is 11.2. The van der Waals surface area contributed by atoms with E-state index < -0.39 is 0 Å². The predicted molar refractivity (Wildman–Crippen MR) is 206 cm³/mol. The molecular weight excluding hydrogens is 587 g/mol. The van der Waals surface area contributed by atoms with E-state index in [1.807, 2.05) is 6.92 Å². The predicted octanol–water partition coefficient (Wildman–Crippen LogP) is 13.3. The Kier molecular flexibility index (Phi) is 15.5. The highest BCUT2D eigenvalue weighted by Gasteiger charge is 2.18. The Balaban J connectivity index is 1.54. The van der Waals surface area contributed by atoms with E-state index >= 15 is 0 Å². The standard InChI is InChI=1S/C45H57NO2/c1-6-9-11-13-15-17-32-47-42-28-30-44(36(4)34-42)46(41-26-24-40(25-27-41)39-22-20-38(19-8-3)21-23-39)45-31-29-43(35-37(45)5)48-33-18-16-14-12-10-7-2/h20-31,34-35H,6-7,9-18,32-33H2,1-5H3. The minimum absolute atomic E-state index is 0.765. The number of ether oxygens (including phenoxy) is 2. The molecule has 0 saturated carbocycles. The zero-order chi connectivity index (χ0) is 34.0. The molecule has 0 aliphatic carbocycles. The molecule has 0 unspecified atom stereocenters. The van der Waals surface area contributed by atoms with Gasteiger partial charge in [0.15, 0.2) is 0 Å². The number of hydrogen-bond acceptors (Lipinski definition) is 3. The quantitative estimate of drug-likeness (QED) is 0.0706. The second-order valence-corrected chi connectivity index (χ2v) is 13.0. The van der Waals surface area contributed by atoms with Crippen LogP contribution in [0.2, 0.25) is 0 Å². The van der Waals surface area contributed by atoms with E-state index in [0.717, 1.165) is 60.2 Å². The summed E-state index contributed by atoms with van der Waals surface area (Å²) in [5, 5.41) is 0. The van der Waals surface area contributed by atoms with E-state index in [0.29, 0.717) is 0 Å². The third-order valence-electron chi connectivity index (χ3n) is 8.96. The summed E-state index contributed by atoms with van der Waals surface area (Å²) < 4.78 is 12.4. The Hall–Kier alpha value is -4.16. The molecule has 0 fully saturated rings. The maximum Gasteiger partial charge on any atom is 0.119 e. The lowest BCUT2D eigenvalue weighted by atomic mass is 10.0. The van der Waals surface area contributed by atoms with Crippen LogP contribution in [0.5, 0.6) is 11.5 Å². The summed E-state index contributed by atoms with van der Waals surface area (Å²) in [6.07, 6.45) is 15.1. The Morgan fingerprint density at radius 3 is 1.40 bits per heavy atom.